The van der Waals surface area contributed by atoms with Gasteiger partial charge in [-0.25, -0.2) is 9.59 Å². The lowest BCUT2D eigenvalue weighted by Crippen LogP contribution is -2.45. The molecule has 0 heterocycles. The summed E-state index contributed by atoms with van der Waals surface area (Å²) in [5, 5.41) is 13.6. The van der Waals surface area contributed by atoms with E-state index in [1.807, 2.05) is 60.7 Å². The van der Waals surface area contributed by atoms with E-state index in [0.29, 0.717) is 19.4 Å². The van der Waals surface area contributed by atoms with Gasteiger partial charge in [0.25, 0.3) is 0 Å². The van der Waals surface area contributed by atoms with Gasteiger partial charge >= 0.3 is 12.1 Å². The predicted octanol–water partition coefficient (Wildman–Crippen LogP) is 2.73. The van der Waals surface area contributed by atoms with E-state index in [1.165, 1.54) is 0 Å². The van der Waals surface area contributed by atoms with Crippen LogP contribution in [0.25, 0.3) is 0 Å². The molecule has 5 atom stereocenters. The van der Waals surface area contributed by atoms with Crippen molar-refractivity contribution in [3.8, 4) is 0 Å². The van der Waals surface area contributed by atoms with Crippen LogP contribution < -0.4 is 32.3 Å². The summed E-state index contributed by atoms with van der Waals surface area (Å²) in [6.07, 6.45) is 0.831. The second-order valence-corrected chi connectivity index (χ2v) is 12.9. The zero-order valence-corrected chi connectivity index (χ0v) is 30.1. The molecule has 280 valence electrons. The Labute approximate surface area is 300 Å². The number of carbonyl (C=O) groups excluding carboxylic acids is 6. The number of nitrogens with two attached hydrogens (primary N) is 1. The molecule has 2 aromatic rings. The molecule has 0 unspecified atom stereocenters. The summed E-state index contributed by atoms with van der Waals surface area (Å²) in [4.78, 5) is 74.9. The van der Waals surface area contributed by atoms with Gasteiger partial charge < -0.3 is 41.8 Å². The van der Waals surface area contributed by atoms with Gasteiger partial charge in [-0.15, -0.1) is 0 Å². The molecule has 5 amide bonds. The maximum absolute atomic E-state index is 13.0. The van der Waals surface area contributed by atoms with Crippen molar-refractivity contribution in [2.45, 2.75) is 116 Å². The number of carbonyl (C=O) groups is 6. The molecular formula is C37H54N6O8. The number of ether oxygens (including phenoxy) is 2. The van der Waals surface area contributed by atoms with Crippen molar-refractivity contribution in [2.75, 3.05) is 6.54 Å². The fraction of sp³-hybridized carbons (Fsp3) is 0.514. The van der Waals surface area contributed by atoms with Crippen molar-refractivity contribution in [1.82, 2.24) is 26.6 Å². The van der Waals surface area contributed by atoms with Crippen LogP contribution in [0.4, 0.5) is 4.79 Å². The minimum absolute atomic E-state index is 0.0224. The second-order valence-electron chi connectivity index (χ2n) is 12.9. The lowest BCUT2D eigenvalue weighted by atomic mass is 10.1. The van der Waals surface area contributed by atoms with Crippen molar-refractivity contribution in [3.05, 3.63) is 71.8 Å². The quantitative estimate of drug-likeness (QED) is 0.0784. The predicted molar refractivity (Wildman–Crippen MR) is 192 cm³/mol. The van der Waals surface area contributed by atoms with Crippen LogP contribution in [-0.2, 0) is 46.7 Å². The average molecular weight is 711 g/mol. The smallest absolute Gasteiger partial charge is 0.407 e. The first-order chi connectivity index (χ1) is 24.3. The molecular weight excluding hydrogens is 656 g/mol. The average Bonchev–Trinajstić information content (AvgIpc) is 3.05. The molecule has 0 spiro atoms. The van der Waals surface area contributed by atoms with Crippen LogP contribution in [0, 0.1) is 0 Å². The zero-order valence-electron chi connectivity index (χ0n) is 30.1. The Morgan fingerprint density at radius 1 is 0.588 bits per heavy atom. The Balaban J connectivity index is 1.79. The SMILES string of the molecule is C[C@H](N)CC(=O)N[C@@H](C)CC(=O)N[C@@H](C)CC(=O)N[C@@H](C)CC(=O)N[C@@H](CCCCNC(=O)OCc1ccccc1)C(=O)OCc1ccccc1. The highest BCUT2D eigenvalue weighted by Gasteiger charge is 2.24. The highest BCUT2D eigenvalue weighted by molar-refractivity contribution is 5.85. The number of hydrogen-bond donors (Lipinski definition) is 6. The van der Waals surface area contributed by atoms with Crippen molar-refractivity contribution < 1.29 is 38.2 Å². The molecule has 0 bridgehead atoms. The Bertz CT molecular complexity index is 1390. The normalized spacial score (nSPS) is 13.7. The summed E-state index contributed by atoms with van der Waals surface area (Å²) in [6.45, 7) is 7.29. The van der Waals surface area contributed by atoms with Gasteiger partial charge in [-0.3, -0.25) is 19.2 Å². The third kappa shape index (κ3) is 19.7. The molecule has 0 radical (unpaired) electrons. The highest BCUT2D eigenvalue weighted by Crippen LogP contribution is 2.08. The summed E-state index contributed by atoms with van der Waals surface area (Å²) in [6, 6.07) is 15.8. The lowest BCUT2D eigenvalue weighted by molar-refractivity contribution is -0.149. The van der Waals surface area contributed by atoms with Crippen LogP contribution >= 0.6 is 0 Å². The minimum Gasteiger partial charge on any atom is -0.459 e. The monoisotopic (exact) mass is 710 g/mol. The minimum atomic E-state index is -0.935. The molecule has 51 heavy (non-hydrogen) atoms. The maximum atomic E-state index is 13.0. The summed E-state index contributed by atoms with van der Waals surface area (Å²) in [7, 11) is 0. The Morgan fingerprint density at radius 2 is 1.02 bits per heavy atom. The van der Waals surface area contributed by atoms with E-state index in [0.717, 1.165) is 11.1 Å². The Morgan fingerprint density at radius 3 is 1.49 bits per heavy atom. The number of benzene rings is 2. The first-order valence-corrected chi connectivity index (χ1v) is 17.4. The number of unbranched alkanes of at least 4 members (excludes halogenated alkanes) is 1. The molecule has 0 saturated heterocycles. The van der Waals surface area contributed by atoms with Gasteiger partial charge in [-0.2, -0.15) is 0 Å². The van der Waals surface area contributed by atoms with E-state index < -0.39 is 42.1 Å². The van der Waals surface area contributed by atoms with Gasteiger partial charge in [0, 0.05) is 56.4 Å². The highest BCUT2D eigenvalue weighted by atomic mass is 16.5. The summed E-state index contributed by atoms with van der Waals surface area (Å²) in [5.74, 6) is -1.97. The van der Waals surface area contributed by atoms with Crippen molar-refractivity contribution in [1.29, 1.82) is 0 Å². The van der Waals surface area contributed by atoms with E-state index in [-0.39, 0.29) is 69.1 Å². The number of amides is 5. The fourth-order valence-corrected chi connectivity index (χ4v) is 5.05. The van der Waals surface area contributed by atoms with Gasteiger partial charge in [-0.1, -0.05) is 60.7 Å². The third-order valence-corrected chi connectivity index (χ3v) is 7.45. The molecule has 0 aliphatic carbocycles. The van der Waals surface area contributed by atoms with Crippen LogP contribution in [0.2, 0.25) is 0 Å². The third-order valence-electron chi connectivity index (χ3n) is 7.45. The van der Waals surface area contributed by atoms with Crippen molar-refractivity contribution in [2.24, 2.45) is 5.73 Å². The summed E-state index contributed by atoms with van der Waals surface area (Å²) < 4.78 is 10.7. The van der Waals surface area contributed by atoms with Gasteiger partial charge in [0.1, 0.15) is 19.3 Å². The van der Waals surface area contributed by atoms with Crippen LogP contribution in [0.1, 0.15) is 83.8 Å². The van der Waals surface area contributed by atoms with Gasteiger partial charge in [0.2, 0.25) is 23.6 Å². The molecule has 0 aromatic heterocycles. The molecule has 0 saturated carbocycles. The topological polar surface area (TPSA) is 207 Å². The van der Waals surface area contributed by atoms with Crippen LogP contribution in [0.5, 0.6) is 0 Å². The largest absolute Gasteiger partial charge is 0.459 e. The number of alkyl carbamates (subject to hydrolysis) is 1. The van der Waals surface area contributed by atoms with E-state index in [4.69, 9.17) is 15.2 Å². The molecule has 2 aromatic carbocycles. The second kappa shape index (κ2) is 23.4. The molecule has 0 fully saturated rings. The molecule has 14 heteroatoms. The van der Waals surface area contributed by atoms with E-state index in [9.17, 15) is 28.8 Å². The molecule has 2 rings (SSSR count). The summed E-state index contributed by atoms with van der Waals surface area (Å²) in [5.41, 5.74) is 7.30. The standard InChI is InChI=1S/C37H54N6O8/c1-25(38)19-32(44)40-26(2)20-33(45)41-27(3)21-34(46)42-28(4)22-35(47)43-31(36(48)50-23-29-13-7-5-8-14-29)17-11-12-18-39-37(49)51-24-30-15-9-6-10-16-30/h5-10,13-16,25-28,31H,11-12,17-24,38H2,1-4H3,(H,39,49)(H,40,44)(H,41,45)(H,42,46)(H,43,47)/t25-,26-,27-,28-,31-/m0/s1. The maximum Gasteiger partial charge on any atom is 0.407 e. The lowest BCUT2D eigenvalue weighted by Gasteiger charge is -2.21. The Kier molecular flexibility index (Phi) is 19.4. The van der Waals surface area contributed by atoms with E-state index in [1.54, 1.807) is 27.7 Å². The van der Waals surface area contributed by atoms with E-state index >= 15 is 0 Å². The van der Waals surface area contributed by atoms with Gasteiger partial charge in [0.05, 0.1) is 0 Å². The van der Waals surface area contributed by atoms with Crippen LogP contribution in [-0.4, -0.2) is 72.4 Å². The number of rotatable bonds is 22. The first kappa shape index (κ1) is 42.2. The van der Waals surface area contributed by atoms with Crippen molar-refractivity contribution in [3.63, 3.8) is 0 Å². The molecule has 14 nitrogen and oxygen atoms in total. The van der Waals surface area contributed by atoms with Crippen LogP contribution in [0.3, 0.4) is 0 Å². The van der Waals surface area contributed by atoms with Crippen LogP contribution in [0.15, 0.2) is 60.7 Å². The zero-order chi connectivity index (χ0) is 37.6. The fourth-order valence-electron chi connectivity index (χ4n) is 5.05. The van der Waals surface area contributed by atoms with E-state index in [2.05, 4.69) is 26.6 Å². The molecule has 0 aliphatic heterocycles. The number of esters is 1. The summed E-state index contributed by atoms with van der Waals surface area (Å²) >= 11 is 0. The first-order valence-electron chi connectivity index (χ1n) is 17.4. The van der Waals surface area contributed by atoms with Gasteiger partial charge in [-0.05, 0) is 58.1 Å². The van der Waals surface area contributed by atoms with Crippen molar-refractivity contribution >= 4 is 35.7 Å². The Hall–Kier alpha value is -4.98. The molecule has 0 aliphatic rings. The number of hydrogen-bond acceptors (Lipinski definition) is 9. The molecule has 7 N–H and O–H groups in total. The number of nitrogens with one attached hydrogen (secondary N) is 5. The van der Waals surface area contributed by atoms with Gasteiger partial charge in [0.15, 0.2) is 0 Å².